The second-order valence-electron chi connectivity index (χ2n) is 2.62. The van der Waals surface area contributed by atoms with Crippen LogP contribution in [0.2, 0.25) is 0 Å². The van der Waals surface area contributed by atoms with Gasteiger partial charge in [-0.1, -0.05) is 0 Å². The van der Waals surface area contributed by atoms with Crippen LogP contribution in [0.25, 0.3) is 5.65 Å². The summed E-state index contributed by atoms with van der Waals surface area (Å²) in [4.78, 5) is 15.0. The first-order chi connectivity index (χ1) is 6.20. The zero-order valence-corrected chi connectivity index (χ0v) is 7.62. The van der Waals surface area contributed by atoms with E-state index in [0.717, 1.165) is 0 Å². The number of hydrogen-bond donors (Lipinski definition) is 0. The average molecular weight is 196 g/mol. The second kappa shape index (κ2) is 2.81. The van der Waals surface area contributed by atoms with Gasteiger partial charge in [0.25, 0.3) is 5.24 Å². The number of aryl methyl sites for hydroxylation is 1. The first kappa shape index (κ1) is 8.19. The van der Waals surface area contributed by atoms with Crippen molar-refractivity contribution in [2.24, 2.45) is 0 Å². The number of nitrogens with zero attached hydrogens (tertiary/aromatic N) is 3. The summed E-state index contributed by atoms with van der Waals surface area (Å²) < 4.78 is 1.53. The summed E-state index contributed by atoms with van der Waals surface area (Å²) in [5.74, 6) is 0. The predicted octanol–water partition coefficient (Wildman–Crippen LogP) is 1.42. The maximum atomic E-state index is 11.0. The maximum absolute atomic E-state index is 11.0. The van der Waals surface area contributed by atoms with Crippen LogP contribution in [0.5, 0.6) is 0 Å². The van der Waals surface area contributed by atoms with Crippen LogP contribution in [-0.4, -0.2) is 19.8 Å². The zero-order valence-electron chi connectivity index (χ0n) is 6.86. The topological polar surface area (TPSA) is 47.3 Å². The van der Waals surface area contributed by atoms with Crippen molar-refractivity contribution in [1.82, 2.24) is 14.6 Å². The largest absolute Gasteiger partial charge is 0.275 e. The fourth-order valence-electron chi connectivity index (χ4n) is 1.23. The Kier molecular flexibility index (Phi) is 1.77. The lowest BCUT2D eigenvalue weighted by Crippen LogP contribution is -1.92. The van der Waals surface area contributed by atoms with Gasteiger partial charge < -0.3 is 0 Å². The summed E-state index contributed by atoms with van der Waals surface area (Å²) >= 11 is 5.40. The fourth-order valence-corrected chi connectivity index (χ4v) is 1.45. The molecule has 2 aromatic heterocycles. The van der Waals surface area contributed by atoms with Gasteiger partial charge in [-0.3, -0.25) is 4.79 Å². The van der Waals surface area contributed by atoms with Crippen LogP contribution >= 0.6 is 11.6 Å². The summed E-state index contributed by atoms with van der Waals surface area (Å²) in [5.41, 5.74) is 1.47. The minimum atomic E-state index is -0.522. The van der Waals surface area contributed by atoms with Gasteiger partial charge >= 0.3 is 0 Å². The number of rotatable bonds is 1. The molecule has 0 unspecified atom stereocenters. The highest BCUT2D eigenvalue weighted by atomic mass is 35.5. The van der Waals surface area contributed by atoms with E-state index >= 15 is 0 Å². The Hall–Kier alpha value is -1.42. The molecule has 0 atom stereocenters. The lowest BCUT2D eigenvalue weighted by Gasteiger charge is -1.90. The van der Waals surface area contributed by atoms with Crippen molar-refractivity contribution in [2.45, 2.75) is 6.92 Å². The molecule has 13 heavy (non-hydrogen) atoms. The van der Waals surface area contributed by atoms with E-state index in [9.17, 15) is 4.79 Å². The predicted molar refractivity (Wildman–Crippen MR) is 47.9 cm³/mol. The normalized spacial score (nSPS) is 10.6. The Balaban J connectivity index is 2.86. The molecule has 0 radical (unpaired) electrons. The van der Waals surface area contributed by atoms with Crippen molar-refractivity contribution < 1.29 is 4.79 Å². The Bertz CT molecular complexity index is 477. The van der Waals surface area contributed by atoms with Crippen LogP contribution in [0.4, 0.5) is 0 Å². The van der Waals surface area contributed by atoms with Gasteiger partial charge in [0.1, 0.15) is 5.56 Å². The van der Waals surface area contributed by atoms with E-state index in [1.165, 1.54) is 4.52 Å². The third-order valence-corrected chi connectivity index (χ3v) is 1.96. The summed E-state index contributed by atoms with van der Waals surface area (Å²) in [6.45, 7) is 1.73. The molecule has 4 nitrogen and oxygen atoms in total. The van der Waals surface area contributed by atoms with Gasteiger partial charge in [-0.25, -0.2) is 9.50 Å². The van der Waals surface area contributed by atoms with Crippen molar-refractivity contribution >= 4 is 22.5 Å². The van der Waals surface area contributed by atoms with E-state index in [1.54, 1.807) is 25.4 Å². The number of hydrogen-bond acceptors (Lipinski definition) is 3. The molecule has 0 aromatic carbocycles. The van der Waals surface area contributed by atoms with Crippen molar-refractivity contribution in [3.8, 4) is 0 Å². The summed E-state index contributed by atoms with van der Waals surface area (Å²) in [7, 11) is 0. The van der Waals surface area contributed by atoms with E-state index in [-0.39, 0.29) is 0 Å². The highest BCUT2D eigenvalue weighted by Gasteiger charge is 2.15. The minimum absolute atomic E-state index is 0.377. The Labute approximate surface area is 79.2 Å². The number of carbonyl (C=O) groups excluding carboxylic acids is 1. The smallest absolute Gasteiger partial charge is 0.258 e. The molecular weight excluding hydrogens is 190 g/mol. The number of aromatic nitrogens is 3. The van der Waals surface area contributed by atoms with E-state index in [2.05, 4.69) is 10.1 Å². The molecule has 0 spiro atoms. The van der Waals surface area contributed by atoms with Gasteiger partial charge in [0.05, 0.1) is 5.69 Å². The second-order valence-corrected chi connectivity index (χ2v) is 2.97. The molecule has 0 aliphatic heterocycles. The monoisotopic (exact) mass is 195 g/mol. The highest BCUT2D eigenvalue weighted by Crippen LogP contribution is 2.14. The third kappa shape index (κ3) is 1.19. The molecule has 0 N–H and O–H groups in total. The van der Waals surface area contributed by atoms with Crippen molar-refractivity contribution in [3.05, 3.63) is 29.7 Å². The molecule has 0 bridgehead atoms. The first-order valence-corrected chi connectivity index (χ1v) is 4.07. The Morgan fingerprint density at radius 1 is 1.62 bits per heavy atom. The molecule has 66 valence electrons. The van der Waals surface area contributed by atoms with Gasteiger partial charge in [-0.15, -0.1) is 0 Å². The van der Waals surface area contributed by atoms with Gasteiger partial charge in [0, 0.05) is 12.4 Å². The number of fused-ring (bicyclic) bond motifs is 1. The lowest BCUT2D eigenvalue weighted by atomic mass is 10.3. The van der Waals surface area contributed by atoms with Crippen LogP contribution in [-0.2, 0) is 0 Å². The number of halogens is 1. The molecule has 2 rings (SSSR count). The van der Waals surface area contributed by atoms with Crippen LogP contribution in [0.3, 0.4) is 0 Å². The molecular formula is C8H6ClN3O. The Morgan fingerprint density at radius 3 is 3.08 bits per heavy atom. The SMILES string of the molecule is Cc1nn2cccnc2c1C(=O)Cl. The van der Waals surface area contributed by atoms with Crippen molar-refractivity contribution in [1.29, 1.82) is 0 Å². The van der Waals surface area contributed by atoms with E-state index in [4.69, 9.17) is 11.6 Å². The van der Waals surface area contributed by atoms with Gasteiger partial charge in [0.15, 0.2) is 5.65 Å². The van der Waals surface area contributed by atoms with E-state index in [1.807, 2.05) is 0 Å². The molecule has 0 aliphatic carbocycles. The van der Waals surface area contributed by atoms with E-state index < -0.39 is 5.24 Å². The molecule has 0 aliphatic rings. The maximum Gasteiger partial charge on any atom is 0.258 e. The molecule has 0 saturated heterocycles. The standard InChI is InChI=1S/C8H6ClN3O/c1-5-6(7(9)13)8-10-3-2-4-12(8)11-5/h2-4H,1H3. The van der Waals surface area contributed by atoms with Crippen LogP contribution in [0.15, 0.2) is 18.5 Å². The lowest BCUT2D eigenvalue weighted by molar-refractivity contribution is 0.108. The zero-order chi connectivity index (χ0) is 9.42. The quantitative estimate of drug-likeness (QED) is 0.647. The minimum Gasteiger partial charge on any atom is -0.275 e. The summed E-state index contributed by atoms with van der Waals surface area (Å²) in [6, 6.07) is 1.74. The van der Waals surface area contributed by atoms with Crippen molar-refractivity contribution in [3.63, 3.8) is 0 Å². The van der Waals surface area contributed by atoms with Crippen LogP contribution in [0, 0.1) is 6.92 Å². The molecule has 2 heterocycles. The fraction of sp³-hybridized carbons (Fsp3) is 0.125. The molecule has 0 fully saturated rings. The molecule has 2 aromatic rings. The average Bonchev–Trinajstić information content (AvgIpc) is 2.39. The number of carbonyl (C=O) groups is 1. The summed E-state index contributed by atoms with van der Waals surface area (Å²) in [5, 5.41) is 3.56. The molecule has 0 saturated carbocycles. The highest BCUT2D eigenvalue weighted by molar-refractivity contribution is 6.68. The van der Waals surface area contributed by atoms with Crippen molar-refractivity contribution in [2.75, 3.05) is 0 Å². The van der Waals surface area contributed by atoms with Crippen LogP contribution < -0.4 is 0 Å². The third-order valence-electron chi connectivity index (χ3n) is 1.77. The van der Waals surface area contributed by atoms with E-state index in [0.29, 0.717) is 16.9 Å². The molecule has 0 amide bonds. The van der Waals surface area contributed by atoms with Gasteiger partial charge in [0.2, 0.25) is 0 Å². The van der Waals surface area contributed by atoms with Gasteiger partial charge in [-0.2, -0.15) is 5.10 Å². The molecule has 5 heteroatoms. The Morgan fingerprint density at radius 2 is 2.38 bits per heavy atom. The van der Waals surface area contributed by atoms with Gasteiger partial charge in [-0.05, 0) is 24.6 Å². The summed E-state index contributed by atoms with van der Waals surface area (Å²) in [6.07, 6.45) is 3.32. The first-order valence-electron chi connectivity index (χ1n) is 3.70. The van der Waals surface area contributed by atoms with Crippen LogP contribution in [0.1, 0.15) is 16.1 Å².